The second kappa shape index (κ2) is 6.90. The summed E-state index contributed by atoms with van der Waals surface area (Å²) in [6, 6.07) is 9.89. The van der Waals surface area contributed by atoms with Gasteiger partial charge in [0.2, 0.25) is 10.0 Å². The molecule has 2 aromatic rings. The van der Waals surface area contributed by atoms with Gasteiger partial charge in [-0.15, -0.1) is 0 Å². The zero-order chi connectivity index (χ0) is 18.1. The molecule has 1 fully saturated rings. The molecule has 0 spiro atoms. The van der Waals surface area contributed by atoms with E-state index < -0.39 is 15.4 Å². The fourth-order valence-electron chi connectivity index (χ4n) is 3.70. The molecule has 1 saturated heterocycles. The van der Waals surface area contributed by atoms with Crippen LogP contribution in [0.5, 0.6) is 0 Å². The number of sulfonamides is 1. The maximum Gasteiger partial charge on any atom is 0.248 e. The van der Waals surface area contributed by atoms with Gasteiger partial charge in [-0.1, -0.05) is 35.5 Å². The predicted octanol–water partition coefficient (Wildman–Crippen LogP) is 2.30. The Kier molecular flexibility index (Phi) is 4.99. The van der Waals surface area contributed by atoms with E-state index in [-0.39, 0.29) is 11.5 Å². The summed E-state index contributed by atoms with van der Waals surface area (Å²) in [7, 11) is -3.69. The van der Waals surface area contributed by atoms with Gasteiger partial charge in [0.05, 0.1) is 6.61 Å². The Bertz CT molecular complexity index is 813. The molecule has 1 aromatic heterocycles. The van der Waals surface area contributed by atoms with Gasteiger partial charge in [0, 0.05) is 18.5 Å². The third-order valence-electron chi connectivity index (χ3n) is 4.95. The zero-order valence-electron chi connectivity index (χ0n) is 14.6. The maximum absolute atomic E-state index is 13.1. The lowest BCUT2D eigenvalue weighted by Crippen LogP contribution is -2.49. The van der Waals surface area contributed by atoms with Crippen LogP contribution >= 0.6 is 0 Å². The normalized spacial score (nSPS) is 22.2. The molecule has 0 aliphatic carbocycles. The molecule has 1 atom stereocenters. The molecule has 2 heterocycles. The van der Waals surface area contributed by atoms with Gasteiger partial charge < -0.3 is 9.63 Å². The molecule has 25 heavy (non-hydrogen) atoms. The highest BCUT2D eigenvalue weighted by Gasteiger charge is 2.41. The van der Waals surface area contributed by atoms with Crippen molar-refractivity contribution in [2.45, 2.75) is 38.0 Å². The van der Waals surface area contributed by atoms with Gasteiger partial charge in [0.15, 0.2) is 5.76 Å². The van der Waals surface area contributed by atoms with Crippen LogP contribution in [-0.4, -0.2) is 42.7 Å². The number of aliphatic hydroxyl groups is 1. The van der Waals surface area contributed by atoms with Crippen LogP contribution in [0.1, 0.15) is 29.9 Å². The summed E-state index contributed by atoms with van der Waals surface area (Å²) < 4.78 is 32.7. The Morgan fingerprint density at radius 3 is 2.60 bits per heavy atom. The molecule has 0 saturated carbocycles. The van der Waals surface area contributed by atoms with Crippen LogP contribution in [-0.2, 0) is 16.4 Å². The van der Waals surface area contributed by atoms with Crippen molar-refractivity contribution >= 4 is 10.0 Å². The average molecular weight is 364 g/mol. The second-order valence-corrected chi connectivity index (χ2v) is 8.79. The summed E-state index contributed by atoms with van der Waals surface area (Å²) in [5.74, 6) is 0.306. The Morgan fingerprint density at radius 1 is 1.28 bits per heavy atom. The van der Waals surface area contributed by atoms with E-state index in [9.17, 15) is 13.5 Å². The van der Waals surface area contributed by atoms with E-state index in [1.807, 2.05) is 30.3 Å². The highest BCUT2D eigenvalue weighted by atomic mass is 32.2. The van der Waals surface area contributed by atoms with Crippen molar-refractivity contribution in [2.24, 2.45) is 5.41 Å². The lowest BCUT2D eigenvalue weighted by Gasteiger charge is -2.41. The van der Waals surface area contributed by atoms with E-state index in [2.05, 4.69) is 5.16 Å². The van der Waals surface area contributed by atoms with Crippen molar-refractivity contribution in [3.05, 3.63) is 47.3 Å². The standard InChI is InChI=1S/C18H24N2O4S/c1-14-17(15(2)24-19-14)25(22,23)20-10-6-9-18(12-20,13-21)11-16-7-4-3-5-8-16/h3-5,7-8,21H,6,9-13H2,1-2H3. The first-order valence-corrected chi connectivity index (χ1v) is 9.90. The third-order valence-corrected chi connectivity index (χ3v) is 7.04. The van der Waals surface area contributed by atoms with Crippen LogP contribution in [0.2, 0.25) is 0 Å². The van der Waals surface area contributed by atoms with Crippen molar-refractivity contribution in [3.8, 4) is 0 Å². The Hall–Kier alpha value is -1.70. The van der Waals surface area contributed by atoms with E-state index >= 15 is 0 Å². The van der Waals surface area contributed by atoms with Crippen molar-refractivity contribution in [1.82, 2.24) is 9.46 Å². The van der Waals surface area contributed by atoms with Crippen molar-refractivity contribution < 1.29 is 18.0 Å². The van der Waals surface area contributed by atoms with Gasteiger partial charge in [-0.25, -0.2) is 8.42 Å². The molecule has 1 aliphatic heterocycles. The lowest BCUT2D eigenvalue weighted by molar-refractivity contribution is 0.0644. The summed E-state index contributed by atoms with van der Waals surface area (Å²) in [5, 5.41) is 13.8. The van der Waals surface area contributed by atoms with Crippen LogP contribution < -0.4 is 0 Å². The minimum atomic E-state index is -3.69. The number of rotatable bonds is 5. The Morgan fingerprint density at radius 2 is 2.00 bits per heavy atom. The van der Waals surface area contributed by atoms with Gasteiger partial charge in [-0.05, 0) is 38.7 Å². The summed E-state index contributed by atoms with van der Waals surface area (Å²) in [6.07, 6.45) is 2.17. The molecule has 0 amide bonds. The number of benzene rings is 1. The van der Waals surface area contributed by atoms with E-state index in [0.717, 1.165) is 18.4 Å². The molecule has 136 valence electrons. The van der Waals surface area contributed by atoms with Crippen LogP contribution in [0.15, 0.2) is 39.8 Å². The molecule has 0 radical (unpaired) electrons. The van der Waals surface area contributed by atoms with Crippen LogP contribution in [0.25, 0.3) is 0 Å². The molecule has 0 bridgehead atoms. The average Bonchev–Trinajstić information content (AvgIpc) is 2.95. The number of piperidine rings is 1. The molecule has 6 nitrogen and oxygen atoms in total. The van der Waals surface area contributed by atoms with Crippen LogP contribution in [0.3, 0.4) is 0 Å². The number of aromatic nitrogens is 1. The molecule has 7 heteroatoms. The zero-order valence-corrected chi connectivity index (χ0v) is 15.4. The van der Waals surface area contributed by atoms with E-state index in [4.69, 9.17) is 4.52 Å². The van der Waals surface area contributed by atoms with Gasteiger partial charge in [0.25, 0.3) is 0 Å². The van der Waals surface area contributed by atoms with Gasteiger partial charge in [0.1, 0.15) is 10.6 Å². The first kappa shape index (κ1) is 18.1. The second-order valence-electron chi connectivity index (χ2n) is 6.92. The molecule has 1 unspecified atom stereocenters. The summed E-state index contributed by atoms with van der Waals surface area (Å²) in [6.45, 7) is 3.94. The smallest absolute Gasteiger partial charge is 0.248 e. The van der Waals surface area contributed by atoms with Crippen LogP contribution in [0, 0.1) is 19.3 Å². The lowest BCUT2D eigenvalue weighted by atomic mass is 9.76. The Labute approximate surface area is 148 Å². The fourth-order valence-corrected chi connectivity index (χ4v) is 5.58. The molecule has 1 aliphatic rings. The van der Waals surface area contributed by atoms with E-state index in [0.29, 0.717) is 31.0 Å². The highest BCUT2D eigenvalue weighted by molar-refractivity contribution is 7.89. The van der Waals surface area contributed by atoms with Crippen molar-refractivity contribution in [2.75, 3.05) is 19.7 Å². The van der Waals surface area contributed by atoms with Gasteiger partial charge in [-0.2, -0.15) is 4.31 Å². The van der Waals surface area contributed by atoms with Crippen molar-refractivity contribution in [1.29, 1.82) is 0 Å². The minimum absolute atomic E-state index is 0.0461. The number of hydrogen-bond acceptors (Lipinski definition) is 5. The number of hydrogen-bond donors (Lipinski definition) is 1. The topological polar surface area (TPSA) is 83.6 Å². The molecule has 3 rings (SSSR count). The Balaban J connectivity index is 1.89. The van der Waals surface area contributed by atoms with Crippen LogP contribution in [0.4, 0.5) is 0 Å². The largest absolute Gasteiger partial charge is 0.396 e. The quantitative estimate of drug-likeness (QED) is 0.880. The predicted molar refractivity (Wildman–Crippen MR) is 93.6 cm³/mol. The molecular weight excluding hydrogens is 340 g/mol. The molecule has 1 N–H and O–H groups in total. The third kappa shape index (κ3) is 3.49. The number of aryl methyl sites for hydroxylation is 2. The maximum atomic E-state index is 13.1. The molecular formula is C18H24N2O4S. The number of aliphatic hydroxyl groups excluding tert-OH is 1. The SMILES string of the molecule is Cc1noc(C)c1S(=O)(=O)N1CCCC(CO)(Cc2ccccc2)C1. The van der Waals surface area contributed by atoms with Gasteiger partial charge >= 0.3 is 0 Å². The summed E-state index contributed by atoms with van der Waals surface area (Å²) in [5.41, 5.74) is 1.01. The van der Waals surface area contributed by atoms with E-state index in [1.54, 1.807) is 13.8 Å². The van der Waals surface area contributed by atoms with Gasteiger partial charge in [-0.3, -0.25) is 0 Å². The fraction of sp³-hybridized carbons (Fsp3) is 0.500. The summed E-state index contributed by atoms with van der Waals surface area (Å²) in [4.78, 5) is 0.154. The first-order valence-electron chi connectivity index (χ1n) is 8.46. The first-order chi connectivity index (χ1) is 11.9. The number of nitrogens with zero attached hydrogens (tertiary/aromatic N) is 2. The summed E-state index contributed by atoms with van der Waals surface area (Å²) >= 11 is 0. The molecule has 1 aromatic carbocycles. The monoisotopic (exact) mass is 364 g/mol. The van der Waals surface area contributed by atoms with E-state index in [1.165, 1.54) is 4.31 Å². The van der Waals surface area contributed by atoms with Crippen molar-refractivity contribution in [3.63, 3.8) is 0 Å². The highest BCUT2D eigenvalue weighted by Crippen LogP contribution is 2.36. The minimum Gasteiger partial charge on any atom is -0.396 e.